The van der Waals surface area contributed by atoms with E-state index in [1.54, 1.807) is 30.8 Å². The smallest absolute Gasteiger partial charge is 0.293 e. The highest BCUT2D eigenvalue weighted by molar-refractivity contribution is 7.99. The molecule has 0 heterocycles. The molecular weight excluding hydrogens is 278 g/mol. The van der Waals surface area contributed by atoms with Crippen molar-refractivity contribution in [3.63, 3.8) is 0 Å². The Morgan fingerprint density at radius 2 is 2.20 bits per heavy atom. The molecule has 0 aliphatic heterocycles. The lowest BCUT2D eigenvalue weighted by Gasteiger charge is -2.12. The highest BCUT2D eigenvalue weighted by atomic mass is 32.2. The van der Waals surface area contributed by atoms with Gasteiger partial charge in [0, 0.05) is 30.0 Å². The Kier molecular flexibility index (Phi) is 6.30. The molecule has 1 aromatic carbocycles. The van der Waals surface area contributed by atoms with Crippen molar-refractivity contribution in [1.82, 2.24) is 5.32 Å². The van der Waals surface area contributed by atoms with Gasteiger partial charge >= 0.3 is 0 Å². The third-order valence-electron chi connectivity index (χ3n) is 2.78. The number of anilines is 1. The first-order chi connectivity index (χ1) is 9.49. The van der Waals surface area contributed by atoms with Gasteiger partial charge < -0.3 is 10.6 Å². The van der Waals surface area contributed by atoms with Gasteiger partial charge in [-0.15, -0.1) is 0 Å². The van der Waals surface area contributed by atoms with E-state index in [0.29, 0.717) is 29.6 Å². The van der Waals surface area contributed by atoms with E-state index in [4.69, 9.17) is 0 Å². The average Bonchev–Trinajstić information content (AvgIpc) is 2.44. The van der Waals surface area contributed by atoms with Crippen LogP contribution >= 0.6 is 11.8 Å². The molecule has 7 heteroatoms. The summed E-state index contributed by atoms with van der Waals surface area (Å²) in [6.45, 7) is 4.94. The van der Waals surface area contributed by atoms with Gasteiger partial charge in [0.15, 0.2) is 0 Å². The topological polar surface area (TPSA) is 84.3 Å². The molecule has 6 nitrogen and oxygen atoms in total. The number of nitrogens with one attached hydrogen (secondary N) is 2. The van der Waals surface area contributed by atoms with Crippen LogP contribution in [0.15, 0.2) is 18.2 Å². The molecule has 0 aliphatic rings. The minimum absolute atomic E-state index is 0.0814. The highest BCUT2D eigenvalue weighted by Crippen LogP contribution is 2.26. The molecule has 0 aromatic heterocycles. The van der Waals surface area contributed by atoms with Crippen molar-refractivity contribution in [2.75, 3.05) is 24.7 Å². The van der Waals surface area contributed by atoms with Gasteiger partial charge in [0.1, 0.15) is 5.69 Å². The van der Waals surface area contributed by atoms with Crippen LogP contribution in [0.4, 0.5) is 11.4 Å². The van der Waals surface area contributed by atoms with Gasteiger partial charge in [-0.1, -0.05) is 6.92 Å². The number of carbonyl (C=O) groups is 1. The van der Waals surface area contributed by atoms with Gasteiger partial charge in [0.25, 0.3) is 11.6 Å². The number of thioether (sulfide) groups is 1. The Morgan fingerprint density at radius 1 is 1.50 bits per heavy atom. The van der Waals surface area contributed by atoms with E-state index in [2.05, 4.69) is 10.6 Å². The van der Waals surface area contributed by atoms with Gasteiger partial charge in [-0.05, 0) is 25.3 Å². The molecule has 1 aromatic rings. The lowest BCUT2D eigenvalue weighted by molar-refractivity contribution is -0.384. The summed E-state index contributed by atoms with van der Waals surface area (Å²) in [4.78, 5) is 22.3. The van der Waals surface area contributed by atoms with Gasteiger partial charge in [-0.25, -0.2) is 0 Å². The summed E-state index contributed by atoms with van der Waals surface area (Å²) in [5.74, 6) is -0.306. The van der Waals surface area contributed by atoms with Crippen LogP contribution in [0.5, 0.6) is 0 Å². The number of rotatable bonds is 7. The van der Waals surface area contributed by atoms with E-state index >= 15 is 0 Å². The Hall–Kier alpha value is -1.76. The predicted octanol–water partition coefficient (Wildman–Crippen LogP) is 2.51. The number of nitro groups is 1. The van der Waals surface area contributed by atoms with E-state index in [0.717, 1.165) is 0 Å². The molecule has 2 N–H and O–H groups in total. The van der Waals surface area contributed by atoms with Crippen molar-refractivity contribution < 1.29 is 9.72 Å². The molecule has 0 bridgehead atoms. The van der Waals surface area contributed by atoms with Crippen molar-refractivity contribution >= 4 is 29.0 Å². The largest absolute Gasteiger partial charge is 0.378 e. The summed E-state index contributed by atoms with van der Waals surface area (Å²) in [6.07, 6.45) is 1.99. The maximum Gasteiger partial charge on any atom is 0.293 e. The van der Waals surface area contributed by atoms with Crippen LogP contribution in [-0.4, -0.2) is 35.4 Å². The van der Waals surface area contributed by atoms with Crippen LogP contribution in [-0.2, 0) is 0 Å². The van der Waals surface area contributed by atoms with Crippen molar-refractivity contribution in [1.29, 1.82) is 0 Å². The second kappa shape index (κ2) is 7.74. The normalized spacial score (nSPS) is 11.8. The molecule has 110 valence electrons. The zero-order valence-corrected chi connectivity index (χ0v) is 12.6. The first-order valence-corrected chi connectivity index (χ1v) is 7.61. The molecule has 0 saturated heterocycles. The maximum atomic E-state index is 11.7. The number of amides is 1. The summed E-state index contributed by atoms with van der Waals surface area (Å²) in [6, 6.07) is 4.47. The Labute approximate surface area is 122 Å². The average molecular weight is 297 g/mol. The maximum absolute atomic E-state index is 11.7. The molecule has 0 saturated carbocycles. The lowest BCUT2D eigenvalue weighted by Crippen LogP contribution is -2.22. The van der Waals surface area contributed by atoms with Gasteiger partial charge in [-0.3, -0.25) is 14.9 Å². The monoisotopic (exact) mass is 297 g/mol. The van der Waals surface area contributed by atoms with E-state index in [9.17, 15) is 14.9 Å². The second-order valence-corrected chi connectivity index (χ2v) is 5.55. The van der Waals surface area contributed by atoms with Crippen LogP contribution in [0, 0.1) is 10.1 Å². The van der Waals surface area contributed by atoms with Crippen molar-refractivity contribution in [2.24, 2.45) is 0 Å². The number of benzene rings is 1. The van der Waals surface area contributed by atoms with Gasteiger partial charge in [0.05, 0.1) is 4.92 Å². The number of carbonyl (C=O) groups excluding carboxylic acids is 1. The number of hydrogen-bond donors (Lipinski definition) is 2. The van der Waals surface area contributed by atoms with Crippen molar-refractivity contribution in [3.8, 4) is 0 Å². The molecule has 1 unspecified atom stereocenters. The molecule has 1 rings (SSSR count). The molecule has 0 radical (unpaired) electrons. The van der Waals surface area contributed by atoms with Gasteiger partial charge in [0.2, 0.25) is 0 Å². The number of nitrogens with zero attached hydrogens (tertiary/aromatic N) is 1. The predicted molar refractivity (Wildman–Crippen MR) is 82.6 cm³/mol. The molecular formula is C13H19N3O3S. The van der Waals surface area contributed by atoms with E-state index < -0.39 is 4.92 Å². The van der Waals surface area contributed by atoms with Crippen LogP contribution in [0.3, 0.4) is 0 Å². The first-order valence-electron chi connectivity index (χ1n) is 6.32. The summed E-state index contributed by atoms with van der Waals surface area (Å²) in [5, 5.41) is 17.1. The fraction of sp³-hybridized carbons (Fsp3) is 0.462. The minimum Gasteiger partial charge on any atom is -0.378 e. The minimum atomic E-state index is -0.477. The molecule has 0 fully saturated rings. The number of hydrogen-bond acceptors (Lipinski definition) is 5. The molecule has 20 heavy (non-hydrogen) atoms. The molecule has 1 atom stereocenters. The Morgan fingerprint density at radius 3 is 2.75 bits per heavy atom. The fourth-order valence-corrected chi connectivity index (χ4v) is 1.82. The van der Waals surface area contributed by atoms with Gasteiger partial charge in [-0.2, -0.15) is 11.8 Å². The Balaban J connectivity index is 2.96. The molecule has 0 aliphatic carbocycles. The van der Waals surface area contributed by atoms with Crippen LogP contribution in [0.2, 0.25) is 0 Å². The molecule has 0 spiro atoms. The lowest BCUT2D eigenvalue weighted by atomic mass is 10.1. The summed E-state index contributed by atoms with van der Waals surface area (Å²) in [7, 11) is 0. The number of nitro benzene ring substituents is 1. The summed E-state index contributed by atoms with van der Waals surface area (Å²) in [5.41, 5.74) is 0.646. The fourth-order valence-electron chi connectivity index (χ4n) is 1.57. The van der Waals surface area contributed by atoms with Crippen LogP contribution in [0.25, 0.3) is 0 Å². The second-order valence-electron chi connectivity index (χ2n) is 4.28. The van der Waals surface area contributed by atoms with Crippen LogP contribution < -0.4 is 10.6 Å². The summed E-state index contributed by atoms with van der Waals surface area (Å²) >= 11 is 1.68. The SMILES string of the molecule is CCNC(=O)c1ccc(NCC(C)SC)c([N+](=O)[O-])c1. The zero-order valence-electron chi connectivity index (χ0n) is 11.8. The van der Waals surface area contributed by atoms with Crippen LogP contribution in [0.1, 0.15) is 24.2 Å². The summed E-state index contributed by atoms with van der Waals surface area (Å²) < 4.78 is 0. The highest BCUT2D eigenvalue weighted by Gasteiger charge is 2.17. The quantitative estimate of drug-likeness (QED) is 0.596. The molecule has 1 amide bonds. The van der Waals surface area contributed by atoms with Crippen molar-refractivity contribution in [3.05, 3.63) is 33.9 Å². The zero-order chi connectivity index (χ0) is 15.1. The van der Waals surface area contributed by atoms with Crippen molar-refractivity contribution in [2.45, 2.75) is 19.1 Å². The van der Waals surface area contributed by atoms with E-state index in [-0.39, 0.29) is 11.6 Å². The van der Waals surface area contributed by atoms with E-state index in [1.807, 2.05) is 13.2 Å². The third-order valence-corrected chi connectivity index (χ3v) is 3.75. The third kappa shape index (κ3) is 4.41. The van der Waals surface area contributed by atoms with E-state index in [1.165, 1.54) is 6.07 Å². The first kappa shape index (κ1) is 16.3. The standard InChI is InChI=1S/C13H19N3O3S/c1-4-14-13(17)10-5-6-11(12(7-10)16(18)19)15-8-9(2)20-3/h5-7,9,15H,4,8H2,1-3H3,(H,14,17). The Bertz CT molecular complexity index is 494.